The minimum Gasteiger partial charge on any atom is -0.324 e. The van der Waals surface area contributed by atoms with Crippen LogP contribution in [0.25, 0.3) is 0 Å². The molecule has 0 unspecified atom stereocenters. The molecular formula is C12H11BrIN3. The molecule has 0 amide bonds. The van der Waals surface area contributed by atoms with Gasteiger partial charge >= 0.3 is 0 Å². The molecule has 0 atom stereocenters. The van der Waals surface area contributed by atoms with Crippen molar-refractivity contribution in [2.24, 2.45) is 0 Å². The summed E-state index contributed by atoms with van der Waals surface area (Å²) in [5, 5.41) is 3.25. The number of aryl methyl sites for hydroxylation is 2. The van der Waals surface area contributed by atoms with E-state index in [1.807, 2.05) is 0 Å². The molecule has 0 fully saturated rings. The van der Waals surface area contributed by atoms with Crippen molar-refractivity contribution >= 4 is 50.2 Å². The Balaban J connectivity index is 2.33. The molecule has 2 aromatic rings. The van der Waals surface area contributed by atoms with Crippen molar-refractivity contribution in [3.63, 3.8) is 0 Å². The van der Waals surface area contributed by atoms with Gasteiger partial charge in [-0.15, -0.1) is 0 Å². The quantitative estimate of drug-likeness (QED) is 0.763. The second-order valence-electron chi connectivity index (χ2n) is 3.76. The predicted octanol–water partition coefficient (Wildman–Crippen LogP) is 4.20. The van der Waals surface area contributed by atoms with E-state index in [9.17, 15) is 0 Å². The lowest BCUT2D eigenvalue weighted by atomic mass is 10.1. The summed E-state index contributed by atoms with van der Waals surface area (Å²) < 4.78 is 2.11. The average molecular weight is 404 g/mol. The molecule has 0 saturated heterocycles. The Hall–Kier alpha value is -0.690. The zero-order valence-electron chi connectivity index (χ0n) is 9.46. The predicted molar refractivity (Wildman–Crippen MR) is 81.6 cm³/mol. The van der Waals surface area contributed by atoms with Crippen LogP contribution < -0.4 is 5.32 Å². The van der Waals surface area contributed by atoms with Gasteiger partial charge in [0.05, 0.1) is 0 Å². The van der Waals surface area contributed by atoms with E-state index in [0.29, 0.717) is 5.95 Å². The van der Waals surface area contributed by atoms with Crippen molar-refractivity contribution in [1.29, 1.82) is 0 Å². The van der Waals surface area contributed by atoms with E-state index in [0.717, 1.165) is 13.7 Å². The molecule has 0 aliphatic heterocycles. The first-order valence-electron chi connectivity index (χ1n) is 5.07. The summed E-state index contributed by atoms with van der Waals surface area (Å²) >= 11 is 5.67. The number of benzene rings is 1. The molecule has 88 valence electrons. The van der Waals surface area contributed by atoms with Gasteiger partial charge in [-0.25, -0.2) is 9.97 Å². The van der Waals surface area contributed by atoms with Crippen molar-refractivity contribution in [1.82, 2.24) is 9.97 Å². The smallest absolute Gasteiger partial charge is 0.227 e. The first-order chi connectivity index (χ1) is 8.06. The highest BCUT2D eigenvalue weighted by atomic mass is 127. The minimum atomic E-state index is 0.624. The lowest BCUT2D eigenvalue weighted by molar-refractivity contribution is 1.14. The molecule has 1 aromatic carbocycles. The first kappa shape index (κ1) is 12.8. The van der Waals surface area contributed by atoms with Crippen LogP contribution in [0.15, 0.2) is 29.0 Å². The molecule has 5 heteroatoms. The van der Waals surface area contributed by atoms with Crippen LogP contribution in [0, 0.1) is 17.4 Å². The van der Waals surface area contributed by atoms with E-state index in [1.165, 1.54) is 11.1 Å². The van der Waals surface area contributed by atoms with E-state index in [4.69, 9.17) is 0 Å². The average Bonchev–Trinajstić information content (AvgIpc) is 2.26. The molecule has 0 radical (unpaired) electrons. The molecule has 0 spiro atoms. The van der Waals surface area contributed by atoms with E-state index in [1.54, 1.807) is 12.4 Å². The number of hydrogen-bond donors (Lipinski definition) is 1. The Labute approximate surface area is 122 Å². The number of nitrogens with one attached hydrogen (secondary N) is 1. The summed E-state index contributed by atoms with van der Waals surface area (Å²) in [6, 6.07) is 4.14. The Morgan fingerprint density at radius 1 is 1.12 bits per heavy atom. The van der Waals surface area contributed by atoms with Crippen LogP contribution in [0.5, 0.6) is 0 Å². The number of hydrogen-bond acceptors (Lipinski definition) is 3. The van der Waals surface area contributed by atoms with Crippen molar-refractivity contribution in [3.8, 4) is 0 Å². The fraction of sp³-hybridized carbons (Fsp3) is 0.167. The summed E-state index contributed by atoms with van der Waals surface area (Å²) in [5.41, 5.74) is 3.40. The van der Waals surface area contributed by atoms with Crippen molar-refractivity contribution < 1.29 is 0 Å². The van der Waals surface area contributed by atoms with Gasteiger partial charge in [-0.2, -0.15) is 0 Å². The Bertz CT molecular complexity index is 517. The van der Waals surface area contributed by atoms with E-state index < -0.39 is 0 Å². The molecule has 1 aromatic heterocycles. The summed E-state index contributed by atoms with van der Waals surface area (Å²) in [6.07, 6.45) is 3.58. The summed E-state index contributed by atoms with van der Waals surface area (Å²) in [5.74, 6) is 0.624. The largest absolute Gasteiger partial charge is 0.324 e. The fourth-order valence-corrected chi connectivity index (χ4v) is 2.56. The van der Waals surface area contributed by atoms with Crippen molar-refractivity contribution in [2.45, 2.75) is 13.8 Å². The first-order valence-corrected chi connectivity index (χ1v) is 6.95. The van der Waals surface area contributed by atoms with Crippen LogP contribution in [0.4, 0.5) is 11.6 Å². The Morgan fingerprint density at radius 2 is 1.65 bits per heavy atom. The molecule has 0 aliphatic carbocycles. The van der Waals surface area contributed by atoms with Crippen LogP contribution in [-0.4, -0.2) is 9.97 Å². The monoisotopic (exact) mass is 403 g/mol. The lowest BCUT2D eigenvalue weighted by Gasteiger charge is -2.11. The number of nitrogens with zero attached hydrogens (tertiary/aromatic N) is 2. The highest BCUT2D eigenvalue weighted by Crippen LogP contribution is 2.26. The zero-order valence-corrected chi connectivity index (χ0v) is 13.2. The number of aromatic nitrogens is 2. The third-order valence-electron chi connectivity index (χ3n) is 2.35. The highest BCUT2D eigenvalue weighted by Gasteiger charge is 2.05. The van der Waals surface area contributed by atoms with Gasteiger partial charge in [0.2, 0.25) is 5.95 Å². The summed E-state index contributed by atoms with van der Waals surface area (Å²) in [7, 11) is 0. The molecule has 0 aliphatic rings. The van der Waals surface area contributed by atoms with E-state index in [-0.39, 0.29) is 0 Å². The van der Waals surface area contributed by atoms with Gasteiger partial charge in [0.1, 0.15) is 0 Å². The maximum Gasteiger partial charge on any atom is 0.227 e. The van der Waals surface area contributed by atoms with Crippen molar-refractivity contribution in [3.05, 3.63) is 43.7 Å². The maximum atomic E-state index is 4.24. The third kappa shape index (κ3) is 3.16. The molecule has 1 N–H and O–H groups in total. The maximum absolute atomic E-state index is 4.24. The number of halogens is 2. The van der Waals surface area contributed by atoms with Gasteiger partial charge < -0.3 is 5.32 Å². The topological polar surface area (TPSA) is 37.8 Å². The molecule has 2 rings (SSSR count). The van der Waals surface area contributed by atoms with Gasteiger partial charge in [-0.1, -0.05) is 15.9 Å². The second kappa shape index (κ2) is 5.30. The lowest BCUT2D eigenvalue weighted by Crippen LogP contribution is -2.00. The second-order valence-corrected chi connectivity index (χ2v) is 5.93. The summed E-state index contributed by atoms with van der Waals surface area (Å²) in [4.78, 5) is 8.47. The molecule has 1 heterocycles. The minimum absolute atomic E-state index is 0.624. The normalized spacial score (nSPS) is 10.4. The Morgan fingerprint density at radius 3 is 2.18 bits per heavy atom. The van der Waals surface area contributed by atoms with Gasteiger partial charge in [0.15, 0.2) is 0 Å². The standard InChI is InChI=1S/C12H11BrIN3/c1-7-3-9(13)4-8(2)11(7)17-12-15-5-10(14)6-16-12/h3-6H,1-2H3,(H,15,16,17). The van der Waals surface area contributed by atoms with Crippen LogP contribution in [0.2, 0.25) is 0 Å². The van der Waals surface area contributed by atoms with E-state index >= 15 is 0 Å². The van der Waals surface area contributed by atoms with Crippen LogP contribution >= 0.6 is 38.5 Å². The van der Waals surface area contributed by atoms with Gasteiger partial charge in [0, 0.05) is 26.1 Å². The number of rotatable bonds is 2. The van der Waals surface area contributed by atoms with Crippen LogP contribution in [0.1, 0.15) is 11.1 Å². The SMILES string of the molecule is Cc1cc(Br)cc(C)c1Nc1ncc(I)cn1. The molecule has 17 heavy (non-hydrogen) atoms. The highest BCUT2D eigenvalue weighted by molar-refractivity contribution is 14.1. The van der Waals surface area contributed by atoms with E-state index in [2.05, 4.69) is 79.8 Å². The van der Waals surface area contributed by atoms with Gasteiger partial charge in [-0.05, 0) is 59.7 Å². The third-order valence-corrected chi connectivity index (χ3v) is 3.37. The van der Waals surface area contributed by atoms with Crippen LogP contribution in [0.3, 0.4) is 0 Å². The van der Waals surface area contributed by atoms with Gasteiger partial charge in [-0.3, -0.25) is 0 Å². The fourth-order valence-electron chi connectivity index (χ4n) is 1.60. The Kier molecular flexibility index (Phi) is 3.98. The zero-order chi connectivity index (χ0) is 12.4. The molecule has 0 saturated carbocycles. The molecule has 0 bridgehead atoms. The van der Waals surface area contributed by atoms with Crippen LogP contribution in [-0.2, 0) is 0 Å². The molecule has 3 nitrogen and oxygen atoms in total. The van der Waals surface area contributed by atoms with Gasteiger partial charge in [0.25, 0.3) is 0 Å². The number of anilines is 2. The summed E-state index contributed by atoms with van der Waals surface area (Å²) in [6.45, 7) is 4.12. The molecular weight excluding hydrogens is 393 g/mol. The van der Waals surface area contributed by atoms with Crippen molar-refractivity contribution in [2.75, 3.05) is 5.32 Å².